The van der Waals surface area contributed by atoms with Crippen LogP contribution in [-0.2, 0) is 4.74 Å². The third-order valence-electron chi connectivity index (χ3n) is 4.34. The van der Waals surface area contributed by atoms with Crippen molar-refractivity contribution in [1.82, 2.24) is 5.32 Å². The van der Waals surface area contributed by atoms with Crippen LogP contribution in [0.4, 0.5) is 0 Å². The van der Waals surface area contributed by atoms with E-state index in [0.717, 1.165) is 38.1 Å². The molecule has 0 aromatic heterocycles. The minimum Gasteiger partial charge on any atom is -0.396 e. The van der Waals surface area contributed by atoms with E-state index in [0.29, 0.717) is 25.2 Å². The summed E-state index contributed by atoms with van der Waals surface area (Å²) in [4.78, 5) is 0. The first-order valence-electron chi connectivity index (χ1n) is 8.26. The number of ether oxygens (including phenoxy) is 1. The monoisotopic (exact) mass is 287 g/mol. The van der Waals surface area contributed by atoms with Crippen molar-refractivity contribution in [3.63, 3.8) is 0 Å². The first-order chi connectivity index (χ1) is 9.65. The molecule has 3 N–H and O–H groups in total. The number of hydrogen-bond acceptors (Lipinski definition) is 4. The first-order valence-corrected chi connectivity index (χ1v) is 8.26. The lowest BCUT2D eigenvalue weighted by Crippen LogP contribution is -2.35. The maximum absolute atomic E-state index is 9.92. The Hall–Kier alpha value is -0.160. The minimum absolute atomic E-state index is 0.242. The molecule has 4 heteroatoms. The van der Waals surface area contributed by atoms with Gasteiger partial charge in [-0.3, -0.25) is 0 Å². The van der Waals surface area contributed by atoms with Crippen LogP contribution in [0.5, 0.6) is 0 Å². The van der Waals surface area contributed by atoms with Gasteiger partial charge in [-0.1, -0.05) is 33.1 Å². The lowest BCUT2D eigenvalue weighted by Gasteiger charge is -2.27. The van der Waals surface area contributed by atoms with Crippen LogP contribution in [0.25, 0.3) is 0 Å². The molecule has 0 aromatic rings. The van der Waals surface area contributed by atoms with Crippen molar-refractivity contribution in [3.8, 4) is 0 Å². The Morgan fingerprint density at radius 3 is 2.75 bits per heavy atom. The van der Waals surface area contributed by atoms with Gasteiger partial charge in [0.1, 0.15) is 0 Å². The summed E-state index contributed by atoms with van der Waals surface area (Å²) >= 11 is 0. The van der Waals surface area contributed by atoms with Crippen molar-refractivity contribution in [2.24, 2.45) is 11.8 Å². The number of aliphatic hydroxyl groups is 2. The minimum atomic E-state index is -0.432. The van der Waals surface area contributed by atoms with Gasteiger partial charge in [0.05, 0.1) is 18.8 Å². The molecule has 1 aliphatic carbocycles. The van der Waals surface area contributed by atoms with Crippen LogP contribution in [-0.4, -0.2) is 48.7 Å². The second kappa shape index (κ2) is 10.6. The van der Waals surface area contributed by atoms with E-state index < -0.39 is 6.10 Å². The second-order valence-corrected chi connectivity index (χ2v) is 6.33. The Kier molecular flexibility index (Phi) is 9.44. The zero-order valence-corrected chi connectivity index (χ0v) is 13.2. The quantitative estimate of drug-likeness (QED) is 0.575. The average molecular weight is 287 g/mol. The van der Waals surface area contributed by atoms with Gasteiger partial charge in [0, 0.05) is 13.2 Å². The van der Waals surface area contributed by atoms with E-state index in [9.17, 15) is 5.11 Å². The predicted octanol–water partition coefficient (Wildman–Crippen LogP) is 1.94. The summed E-state index contributed by atoms with van der Waals surface area (Å²) in [5.74, 6) is 1.25. The Morgan fingerprint density at radius 2 is 2.10 bits per heavy atom. The molecule has 0 spiro atoms. The van der Waals surface area contributed by atoms with Gasteiger partial charge in [0.15, 0.2) is 0 Å². The Morgan fingerprint density at radius 1 is 1.30 bits per heavy atom. The highest BCUT2D eigenvalue weighted by atomic mass is 16.5. The molecule has 20 heavy (non-hydrogen) atoms. The Labute approximate surface area is 123 Å². The highest BCUT2D eigenvalue weighted by molar-refractivity contribution is 4.71. The fraction of sp³-hybridized carbons (Fsp3) is 1.00. The summed E-state index contributed by atoms with van der Waals surface area (Å²) in [5.41, 5.74) is 0. The van der Waals surface area contributed by atoms with Crippen LogP contribution in [0.1, 0.15) is 52.4 Å². The molecule has 1 rings (SSSR count). The predicted molar refractivity (Wildman–Crippen MR) is 81.7 cm³/mol. The summed E-state index contributed by atoms with van der Waals surface area (Å²) in [5, 5.41) is 22.1. The summed E-state index contributed by atoms with van der Waals surface area (Å²) in [7, 11) is 0. The molecule has 4 nitrogen and oxygen atoms in total. The third-order valence-corrected chi connectivity index (χ3v) is 4.34. The SMILES string of the molecule is CCC(CCO)CNCC(O)COC1CCCC(C)C1. The maximum atomic E-state index is 9.92. The molecule has 4 atom stereocenters. The van der Waals surface area contributed by atoms with Crippen LogP contribution in [0.3, 0.4) is 0 Å². The molecule has 0 bridgehead atoms. The Balaban J connectivity index is 2.06. The van der Waals surface area contributed by atoms with Crippen LogP contribution in [0.2, 0.25) is 0 Å². The van der Waals surface area contributed by atoms with Crippen LogP contribution in [0, 0.1) is 11.8 Å². The number of nitrogens with one attached hydrogen (secondary N) is 1. The third kappa shape index (κ3) is 7.58. The fourth-order valence-electron chi connectivity index (χ4n) is 2.92. The van der Waals surface area contributed by atoms with Gasteiger partial charge in [-0.05, 0) is 37.6 Å². The van der Waals surface area contributed by atoms with Gasteiger partial charge in [0.2, 0.25) is 0 Å². The number of hydrogen-bond donors (Lipinski definition) is 3. The van der Waals surface area contributed by atoms with E-state index in [1.54, 1.807) is 0 Å². The van der Waals surface area contributed by atoms with Crippen LogP contribution >= 0.6 is 0 Å². The molecular formula is C16H33NO3. The van der Waals surface area contributed by atoms with Crippen molar-refractivity contribution >= 4 is 0 Å². The molecule has 1 fully saturated rings. The average Bonchev–Trinajstić information content (AvgIpc) is 2.44. The maximum Gasteiger partial charge on any atom is 0.0897 e. The molecule has 0 aromatic carbocycles. The summed E-state index contributed by atoms with van der Waals surface area (Å²) in [6.45, 7) is 6.51. The molecule has 0 aliphatic heterocycles. The lowest BCUT2D eigenvalue weighted by atomic mass is 9.89. The Bertz CT molecular complexity index is 238. The normalized spacial score (nSPS) is 26.4. The molecule has 1 saturated carbocycles. The zero-order chi connectivity index (χ0) is 14.8. The highest BCUT2D eigenvalue weighted by Crippen LogP contribution is 2.25. The van der Waals surface area contributed by atoms with Crippen molar-refractivity contribution in [2.75, 3.05) is 26.3 Å². The summed E-state index contributed by atoms with van der Waals surface area (Å²) in [6, 6.07) is 0. The summed E-state index contributed by atoms with van der Waals surface area (Å²) < 4.78 is 5.82. The van der Waals surface area contributed by atoms with Gasteiger partial charge in [-0.25, -0.2) is 0 Å². The van der Waals surface area contributed by atoms with Gasteiger partial charge in [-0.15, -0.1) is 0 Å². The first kappa shape index (κ1) is 17.9. The van der Waals surface area contributed by atoms with E-state index in [2.05, 4.69) is 19.2 Å². The van der Waals surface area contributed by atoms with Crippen LogP contribution in [0.15, 0.2) is 0 Å². The van der Waals surface area contributed by atoms with Gasteiger partial charge in [-0.2, -0.15) is 0 Å². The molecule has 0 heterocycles. The molecule has 0 amide bonds. The molecule has 4 unspecified atom stereocenters. The molecule has 0 radical (unpaired) electrons. The number of rotatable bonds is 10. The van der Waals surface area contributed by atoms with Crippen molar-refractivity contribution in [3.05, 3.63) is 0 Å². The topological polar surface area (TPSA) is 61.7 Å². The van der Waals surface area contributed by atoms with Crippen molar-refractivity contribution < 1.29 is 14.9 Å². The highest BCUT2D eigenvalue weighted by Gasteiger charge is 2.20. The van der Waals surface area contributed by atoms with Gasteiger partial charge >= 0.3 is 0 Å². The van der Waals surface area contributed by atoms with Gasteiger partial charge < -0.3 is 20.3 Å². The zero-order valence-electron chi connectivity index (χ0n) is 13.2. The summed E-state index contributed by atoms with van der Waals surface area (Å²) in [6.07, 6.45) is 6.63. The van der Waals surface area contributed by atoms with Gasteiger partial charge in [0.25, 0.3) is 0 Å². The molecular weight excluding hydrogens is 254 g/mol. The fourth-order valence-corrected chi connectivity index (χ4v) is 2.92. The van der Waals surface area contributed by atoms with E-state index >= 15 is 0 Å². The number of aliphatic hydroxyl groups excluding tert-OH is 2. The molecule has 0 saturated heterocycles. The smallest absolute Gasteiger partial charge is 0.0897 e. The van der Waals surface area contributed by atoms with Crippen LogP contribution < -0.4 is 5.32 Å². The molecule has 1 aliphatic rings. The largest absolute Gasteiger partial charge is 0.396 e. The van der Waals surface area contributed by atoms with E-state index in [-0.39, 0.29) is 6.61 Å². The second-order valence-electron chi connectivity index (χ2n) is 6.33. The standard InChI is InChI=1S/C16H33NO3/c1-3-14(7-8-18)10-17-11-15(19)12-20-16-6-4-5-13(2)9-16/h13-19H,3-12H2,1-2H3. The lowest BCUT2D eigenvalue weighted by molar-refractivity contribution is -0.0307. The van der Waals surface area contributed by atoms with E-state index in [1.165, 1.54) is 12.8 Å². The van der Waals surface area contributed by atoms with E-state index in [4.69, 9.17) is 9.84 Å². The van der Waals surface area contributed by atoms with Crippen molar-refractivity contribution in [1.29, 1.82) is 0 Å². The van der Waals surface area contributed by atoms with E-state index in [1.807, 2.05) is 0 Å². The van der Waals surface area contributed by atoms with Crippen molar-refractivity contribution in [2.45, 2.75) is 64.6 Å². The molecule has 120 valence electrons.